The number of ether oxygens (including phenoxy) is 2. The molecule has 0 aromatic heterocycles. The van der Waals surface area contributed by atoms with Crippen LogP contribution < -0.4 is 0 Å². The molecule has 0 aliphatic rings. The van der Waals surface area contributed by atoms with E-state index >= 15 is 0 Å². The first-order chi connectivity index (χ1) is 15.4. The van der Waals surface area contributed by atoms with Gasteiger partial charge in [-0.2, -0.15) is 0 Å². The van der Waals surface area contributed by atoms with Gasteiger partial charge in [0.05, 0.1) is 25.0 Å². The van der Waals surface area contributed by atoms with Crippen LogP contribution in [0.25, 0.3) is 0 Å². The van der Waals surface area contributed by atoms with Crippen LogP contribution in [0.3, 0.4) is 0 Å². The van der Waals surface area contributed by atoms with E-state index in [1.54, 1.807) is 0 Å². The van der Waals surface area contributed by atoms with Crippen molar-refractivity contribution >= 4 is 27.9 Å². The average molecular weight is 519 g/mol. The van der Waals surface area contributed by atoms with Crippen LogP contribution >= 0.6 is 15.9 Å². The van der Waals surface area contributed by atoms with Crippen molar-refractivity contribution in [2.24, 2.45) is 0 Å². The topological polar surface area (TPSA) is 52.6 Å². The van der Waals surface area contributed by atoms with Gasteiger partial charge in [0.25, 0.3) is 0 Å². The van der Waals surface area contributed by atoms with Crippen LogP contribution in [-0.2, 0) is 25.7 Å². The number of hydrogen-bond acceptors (Lipinski definition) is 4. The second kappa shape index (κ2) is 18.0. The zero-order valence-electron chi connectivity index (χ0n) is 19.2. The molecule has 0 spiro atoms. The maximum Gasteiger partial charge on any atom is 0.306 e. The molecule has 0 heterocycles. The minimum Gasteiger partial charge on any atom is -0.466 e. The van der Waals surface area contributed by atoms with E-state index in [0.717, 1.165) is 31.4 Å². The normalized spacial score (nSPS) is 10.9. The molecular formula is C25H37BrF2O4. The van der Waals surface area contributed by atoms with Crippen molar-refractivity contribution in [3.63, 3.8) is 0 Å². The van der Waals surface area contributed by atoms with Gasteiger partial charge in [-0.25, -0.2) is 8.78 Å². The molecular weight excluding hydrogens is 482 g/mol. The van der Waals surface area contributed by atoms with Gasteiger partial charge in [-0.3, -0.25) is 9.59 Å². The molecule has 0 saturated carbocycles. The quantitative estimate of drug-likeness (QED) is 0.147. The highest BCUT2D eigenvalue weighted by Crippen LogP contribution is 2.20. The number of halogens is 3. The molecule has 1 rings (SSSR count). The SMILES string of the molecule is CCCCCCCCCCCCCCOC(=O)CCC(=O)OCc1c(F)cc(Br)cc1F. The monoisotopic (exact) mass is 518 g/mol. The molecule has 0 aliphatic carbocycles. The summed E-state index contributed by atoms with van der Waals surface area (Å²) < 4.78 is 37.6. The predicted molar refractivity (Wildman–Crippen MR) is 125 cm³/mol. The van der Waals surface area contributed by atoms with Crippen molar-refractivity contribution in [2.45, 2.75) is 103 Å². The lowest BCUT2D eigenvalue weighted by atomic mass is 10.1. The molecule has 182 valence electrons. The summed E-state index contributed by atoms with van der Waals surface area (Å²) >= 11 is 2.98. The molecule has 1 aromatic carbocycles. The van der Waals surface area contributed by atoms with E-state index in [9.17, 15) is 18.4 Å². The molecule has 0 atom stereocenters. The van der Waals surface area contributed by atoms with Gasteiger partial charge in [0, 0.05) is 4.47 Å². The van der Waals surface area contributed by atoms with Crippen LogP contribution in [-0.4, -0.2) is 18.5 Å². The van der Waals surface area contributed by atoms with Crippen molar-refractivity contribution in [1.29, 1.82) is 0 Å². The third-order valence-electron chi connectivity index (χ3n) is 5.28. The number of benzene rings is 1. The van der Waals surface area contributed by atoms with Crippen molar-refractivity contribution in [3.8, 4) is 0 Å². The fourth-order valence-electron chi connectivity index (χ4n) is 3.34. The van der Waals surface area contributed by atoms with Gasteiger partial charge in [0.15, 0.2) is 0 Å². The van der Waals surface area contributed by atoms with Crippen LogP contribution in [0.4, 0.5) is 8.78 Å². The number of carbonyl (C=O) groups is 2. The lowest BCUT2D eigenvalue weighted by Gasteiger charge is -2.08. The zero-order valence-corrected chi connectivity index (χ0v) is 20.8. The number of rotatable bonds is 18. The Morgan fingerprint density at radius 2 is 1.19 bits per heavy atom. The number of esters is 2. The largest absolute Gasteiger partial charge is 0.466 e. The van der Waals surface area contributed by atoms with Crippen LogP contribution in [0, 0.1) is 11.6 Å². The van der Waals surface area contributed by atoms with Crippen LogP contribution in [0.5, 0.6) is 0 Å². The highest BCUT2D eigenvalue weighted by atomic mass is 79.9. The summed E-state index contributed by atoms with van der Waals surface area (Å²) in [6.07, 6.45) is 14.5. The first kappa shape index (κ1) is 28.5. The van der Waals surface area contributed by atoms with E-state index in [-0.39, 0.29) is 22.9 Å². The van der Waals surface area contributed by atoms with E-state index in [0.29, 0.717) is 6.61 Å². The summed E-state index contributed by atoms with van der Waals surface area (Å²) in [6, 6.07) is 2.19. The Bertz CT molecular complexity index is 659. The zero-order chi connectivity index (χ0) is 23.6. The summed E-state index contributed by atoms with van der Waals surface area (Å²) in [5.41, 5.74) is -0.323. The van der Waals surface area contributed by atoms with Gasteiger partial charge in [0.1, 0.15) is 18.2 Å². The smallest absolute Gasteiger partial charge is 0.306 e. The van der Waals surface area contributed by atoms with Gasteiger partial charge in [-0.15, -0.1) is 0 Å². The van der Waals surface area contributed by atoms with Crippen LogP contribution in [0.15, 0.2) is 16.6 Å². The molecule has 0 unspecified atom stereocenters. The maximum atomic E-state index is 13.7. The van der Waals surface area contributed by atoms with E-state index in [1.165, 1.54) is 57.8 Å². The Hall–Kier alpha value is -1.50. The molecule has 0 amide bonds. The van der Waals surface area contributed by atoms with E-state index in [1.807, 2.05) is 0 Å². The summed E-state index contributed by atoms with van der Waals surface area (Å²) in [5.74, 6) is -2.77. The highest BCUT2D eigenvalue weighted by Gasteiger charge is 2.14. The highest BCUT2D eigenvalue weighted by molar-refractivity contribution is 9.10. The Morgan fingerprint density at radius 3 is 1.69 bits per heavy atom. The van der Waals surface area contributed by atoms with Crippen molar-refractivity contribution in [3.05, 3.63) is 33.8 Å². The predicted octanol–water partition coefficient (Wildman–Crippen LogP) is 7.80. The molecule has 0 fully saturated rings. The second-order valence-electron chi connectivity index (χ2n) is 8.12. The van der Waals surface area contributed by atoms with Crippen molar-refractivity contribution < 1.29 is 27.8 Å². The van der Waals surface area contributed by atoms with Crippen molar-refractivity contribution in [2.75, 3.05) is 6.61 Å². The average Bonchev–Trinajstić information content (AvgIpc) is 2.74. The minimum atomic E-state index is -0.800. The molecule has 32 heavy (non-hydrogen) atoms. The van der Waals surface area contributed by atoms with E-state index in [4.69, 9.17) is 9.47 Å². The fourth-order valence-corrected chi connectivity index (χ4v) is 3.74. The van der Waals surface area contributed by atoms with E-state index in [2.05, 4.69) is 22.9 Å². The Labute approximate surface area is 199 Å². The lowest BCUT2D eigenvalue weighted by Crippen LogP contribution is -2.12. The second-order valence-corrected chi connectivity index (χ2v) is 9.03. The number of carbonyl (C=O) groups excluding carboxylic acids is 2. The summed E-state index contributed by atoms with van der Waals surface area (Å²) in [7, 11) is 0. The first-order valence-electron chi connectivity index (χ1n) is 11.9. The minimum absolute atomic E-state index is 0.109. The van der Waals surface area contributed by atoms with Gasteiger partial charge >= 0.3 is 11.9 Å². The fraction of sp³-hybridized carbons (Fsp3) is 0.680. The standard InChI is InChI=1S/C25H37BrF2O4/c1-2-3-4-5-6-7-8-9-10-11-12-13-16-31-24(29)14-15-25(30)32-19-21-22(27)17-20(26)18-23(21)28/h17-18H,2-16,19H2,1H3. The Morgan fingerprint density at radius 1 is 0.750 bits per heavy atom. The third kappa shape index (κ3) is 13.8. The number of hydrogen-bond donors (Lipinski definition) is 0. The van der Waals surface area contributed by atoms with Crippen LogP contribution in [0.2, 0.25) is 0 Å². The number of unbranched alkanes of at least 4 members (excludes halogenated alkanes) is 11. The molecule has 0 radical (unpaired) electrons. The summed E-state index contributed by atoms with van der Waals surface area (Å²) in [4.78, 5) is 23.4. The van der Waals surface area contributed by atoms with Gasteiger partial charge in [-0.05, 0) is 18.6 Å². The Kier molecular flexibility index (Phi) is 16.0. The Balaban J connectivity index is 1.98. The molecule has 0 N–H and O–H groups in total. The summed E-state index contributed by atoms with van der Waals surface area (Å²) in [5, 5.41) is 0. The van der Waals surface area contributed by atoms with E-state index < -0.39 is 30.2 Å². The van der Waals surface area contributed by atoms with Crippen molar-refractivity contribution in [1.82, 2.24) is 0 Å². The van der Waals surface area contributed by atoms with Crippen LogP contribution in [0.1, 0.15) is 102 Å². The third-order valence-corrected chi connectivity index (χ3v) is 5.74. The first-order valence-corrected chi connectivity index (χ1v) is 12.7. The van der Waals surface area contributed by atoms with Gasteiger partial charge in [-0.1, -0.05) is 93.5 Å². The molecule has 7 heteroatoms. The molecule has 4 nitrogen and oxygen atoms in total. The van der Waals surface area contributed by atoms with Gasteiger partial charge in [0.2, 0.25) is 0 Å². The van der Waals surface area contributed by atoms with Gasteiger partial charge < -0.3 is 9.47 Å². The lowest BCUT2D eigenvalue weighted by molar-refractivity contribution is -0.151. The maximum absolute atomic E-state index is 13.7. The summed E-state index contributed by atoms with van der Waals surface area (Å²) in [6.45, 7) is 2.07. The molecule has 1 aromatic rings. The molecule has 0 aliphatic heterocycles. The molecule has 0 saturated heterocycles. The molecule has 0 bridgehead atoms.